The molecule has 2 aromatic rings. The first-order chi connectivity index (χ1) is 8.93. The summed E-state index contributed by atoms with van der Waals surface area (Å²) in [6, 6.07) is 7.67. The van der Waals surface area contributed by atoms with E-state index in [1.807, 2.05) is 52.0 Å². The molecule has 0 fully saturated rings. The highest BCUT2D eigenvalue weighted by Crippen LogP contribution is 2.17. The fraction of sp³-hybridized carbons (Fsp3) is 0.385. The Morgan fingerprint density at radius 1 is 1.32 bits per heavy atom. The van der Waals surface area contributed by atoms with Gasteiger partial charge in [-0.1, -0.05) is 28.9 Å². The Kier molecular flexibility index (Phi) is 3.33. The summed E-state index contributed by atoms with van der Waals surface area (Å²) in [4.78, 5) is 0. The van der Waals surface area contributed by atoms with Gasteiger partial charge < -0.3 is 5.21 Å². The maximum absolute atomic E-state index is 9.31. The molecule has 0 spiro atoms. The van der Waals surface area contributed by atoms with Crippen LogP contribution in [0.4, 0.5) is 0 Å². The molecule has 0 amide bonds. The van der Waals surface area contributed by atoms with E-state index in [2.05, 4.69) is 20.7 Å². The molecule has 0 unspecified atom stereocenters. The number of aryl methyl sites for hydroxylation is 1. The van der Waals surface area contributed by atoms with Crippen LogP contribution >= 0.6 is 0 Å². The maximum Gasteiger partial charge on any atom is 0.205 e. The molecule has 2 rings (SSSR count). The number of rotatable bonds is 2. The number of tetrazole rings is 1. The number of hydrogen-bond acceptors (Lipinski definition) is 5. The number of aromatic nitrogens is 4. The van der Waals surface area contributed by atoms with Crippen LogP contribution in [0.25, 0.3) is 0 Å². The van der Waals surface area contributed by atoms with Crippen molar-refractivity contribution in [2.24, 2.45) is 5.16 Å². The Labute approximate surface area is 111 Å². The number of benzene rings is 1. The highest BCUT2D eigenvalue weighted by atomic mass is 16.4. The monoisotopic (exact) mass is 259 g/mol. The second kappa shape index (κ2) is 4.79. The lowest BCUT2D eigenvalue weighted by molar-refractivity contribution is 0.315. The van der Waals surface area contributed by atoms with Crippen molar-refractivity contribution in [3.05, 3.63) is 41.2 Å². The Balaban J connectivity index is 2.54. The van der Waals surface area contributed by atoms with Crippen LogP contribution in [0.2, 0.25) is 0 Å². The Hall–Kier alpha value is -2.24. The summed E-state index contributed by atoms with van der Waals surface area (Å²) < 4.78 is 1.64. The van der Waals surface area contributed by atoms with Crippen molar-refractivity contribution in [3.63, 3.8) is 0 Å². The minimum atomic E-state index is -0.293. The largest absolute Gasteiger partial charge is 0.410 e. The molecule has 6 nitrogen and oxygen atoms in total. The van der Waals surface area contributed by atoms with Gasteiger partial charge >= 0.3 is 0 Å². The zero-order valence-corrected chi connectivity index (χ0v) is 11.5. The summed E-state index contributed by atoms with van der Waals surface area (Å²) in [5, 5.41) is 24.3. The average Bonchev–Trinajstić information content (AvgIpc) is 2.79. The van der Waals surface area contributed by atoms with Gasteiger partial charge in [-0.25, -0.2) is 4.68 Å². The molecule has 1 heterocycles. The molecular formula is C13H17N5O. The quantitative estimate of drug-likeness (QED) is 0.508. The fourth-order valence-electron chi connectivity index (χ4n) is 1.81. The molecular weight excluding hydrogens is 242 g/mol. The number of nitrogens with zero attached hydrogens (tertiary/aromatic N) is 5. The van der Waals surface area contributed by atoms with Gasteiger partial charge in [-0.05, 0) is 44.2 Å². The van der Waals surface area contributed by atoms with E-state index in [9.17, 15) is 5.21 Å². The van der Waals surface area contributed by atoms with Crippen LogP contribution in [0.3, 0.4) is 0 Å². The second-order valence-electron chi connectivity index (χ2n) is 5.40. The van der Waals surface area contributed by atoms with E-state index in [1.165, 1.54) is 0 Å². The third kappa shape index (κ3) is 2.62. The summed E-state index contributed by atoms with van der Waals surface area (Å²) in [7, 11) is 0. The van der Waals surface area contributed by atoms with E-state index in [4.69, 9.17) is 0 Å². The van der Waals surface area contributed by atoms with Gasteiger partial charge in [0.05, 0.1) is 5.54 Å². The molecule has 0 atom stereocenters. The molecule has 1 aromatic heterocycles. The third-order valence-corrected chi connectivity index (χ3v) is 2.71. The summed E-state index contributed by atoms with van der Waals surface area (Å²) in [5.74, 6) is 0.445. The van der Waals surface area contributed by atoms with E-state index in [1.54, 1.807) is 4.68 Å². The van der Waals surface area contributed by atoms with Crippen LogP contribution in [0, 0.1) is 6.92 Å². The van der Waals surface area contributed by atoms with Gasteiger partial charge in [0.1, 0.15) is 0 Å². The minimum absolute atomic E-state index is 0.293. The Morgan fingerprint density at radius 2 is 2.05 bits per heavy atom. The van der Waals surface area contributed by atoms with Crippen LogP contribution in [-0.4, -0.2) is 31.1 Å². The molecule has 100 valence electrons. The van der Waals surface area contributed by atoms with Crippen molar-refractivity contribution in [2.45, 2.75) is 33.2 Å². The lowest BCUT2D eigenvalue weighted by atomic mass is 10.1. The van der Waals surface area contributed by atoms with Gasteiger partial charge in [-0.2, -0.15) is 0 Å². The van der Waals surface area contributed by atoms with Crippen molar-refractivity contribution < 1.29 is 5.21 Å². The molecule has 0 radical (unpaired) electrons. The average molecular weight is 259 g/mol. The first-order valence-corrected chi connectivity index (χ1v) is 6.02. The minimum Gasteiger partial charge on any atom is -0.410 e. The first kappa shape index (κ1) is 13.2. The molecule has 19 heavy (non-hydrogen) atoms. The topological polar surface area (TPSA) is 76.2 Å². The van der Waals surface area contributed by atoms with Crippen molar-refractivity contribution in [1.82, 2.24) is 20.2 Å². The highest BCUT2D eigenvalue weighted by Gasteiger charge is 2.24. The smallest absolute Gasteiger partial charge is 0.205 e. The van der Waals surface area contributed by atoms with Gasteiger partial charge in [0.2, 0.25) is 5.82 Å². The third-order valence-electron chi connectivity index (χ3n) is 2.71. The maximum atomic E-state index is 9.31. The SMILES string of the molecule is Cc1cccc(/C(=N/O)c2nnnn2C(C)(C)C)c1. The predicted molar refractivity (Wildman–Crippen MR) is 71.4 cm³/mol. The van der Waals surface area contributed by atoms with Gasteiger partial charge in [-0.15, -0.1) is 5.10 Å². The van der Waals surface area contributed by atoms with E-state index < -0.39 is 0 Å². The van der Waals surface area contributed by atoms with Crippen LogP contribution < -0.4 is 0 Å². The molecule has 0 saturated heterocycles. The van der Waals surface area contributed by atoms with Crippen LogP contribution in [0.1, 0.15) is 37.7 Å². The van der Waals surface area contributed by atoms with Crippen LogP contribution in [0.15, 0.2) is 29.4 Å². The fourth-order valence-corrected chi connectivity index (χ4v) is 1.81. The molecule has 1 aromatic carbocycles. The van der Waals surface area contributed by atoms with Gasteiger partial charge in [0.25, 0.3) is 0 Å². The zero-order valence-electron chi connectivity index (χ0n) is 11.5. The van der Waals surface area contributed by atoms with Crippen molar-refractivity contribution in [1.29, 1.82) is 0 Å². The Morgan fingerprint density at radius 3 is 2.63 bits per heavy atom. The standard InChI is InChI=1S/C13H17N5O/c1-9-6-5-7-10(8-9)11(15-19)12-14-16-17-18(12)13(2,3)4/h5-8,19H,1-4H3/b15-11-. The molecule has 0 aliphatic rings. The van der Waals surface area contributed by atoms with Gasteiger partial charge in [-0.3, -0.25) is 0 Å². The van der Waals surface area contributed by atoms with Crippen molar-refractivity contribution in [2.75, 3.05) is 0 Å². The normalized spacial score (nSPS) is 12.7. The summed E-state index contributed by atoms with van der Waals surface area (Å²) in [6.45, 7) is 7.93. The summed E-state index contributed by atoms with van der Waals surface area (Å²) in [5.41, 5.74) is 1.93. The molecule has 0 bridgehead atoms. The molecule has 0 saturated carbocycles. The zero-order chi connectivity index (χ0) is 14.0. The van der Waals surface area contributed by atoms with E-state index in [-0.39, 0.29) is 5.54 Å². The van der Waals surface area contributed by atoms with Crippen molar-refractivity contribution in [3.8, 4) is 0 Å². The van der Waals surface area contributed by atoms with Gasteiger partial charge in [0, 0.05) is 5.56 Å². The van der Waals surface area contributed by atoms with E-state index in [0.29, 0.717) is 11.5 Å². The van der Waals surface area contributed by atoms with Crippen LogP contribution in [0.5, 0.6) is 0 Å². The molecule has 6 heteroatoms. The molecule has 0 aliphatic carbocycles. The van der Waals surface area contributed by atoms with E-state index >= 15 is 0 Å². The van der Waals surface area contributed by atoms with Crippen molar-refractivity contribution >= 4 is 5.71 Å². The lowest BCUT2D eigenvalue weighted by Crippen LogP contribution is -2.28. The summed E-state index contributed by atoms with van der Waals surface area (Å²) >= 11 is 0. The van der Waals surface area contributed by atoms with E-state index in [0.717, 1.165) is 11.1 Å². The predicted octanol–water partition coefficient (Wildman–Crippen LogP) is 1.96. The number of oxime groups is 1. The highest BCUT2D eigenvalue weighted by molar-refractivity contribution is 6.10. The first-order valence-electron chi connectivity index (χ1n) is 6.02. The molecule has 0 aliphatic heterocycles. The second-order valence-corrected chi connectivity index (χ2v) is 5.40. The summed E-state index contributed by atoms with van der Waals surface area (Å²) in [6.07, 6.45) is 0. The van der Waals surface area contributed by atoms with Crippen LogP contribution in [-0.2, 0) is 5.54 Å². The Bertz CT molecular complexity index is 609. The lowest BCUT2D eigenvalue weighted by Gasteiger charge is -2.20. The van der Waals surface area contributed by atoms with Gasteiger partial charge in [0.15, 0.2) is 5.71 Å². The number of hydrogen-bond donors (Lipinski definition) is 1. The molecule has 1 N–H and O–H groups in total.